The summed E-state index contributed by atoms with van der Waals surface area (Å²) >= 11 is 0. The molecule has 26 heavy (non-hydrogen) atoms. The van der Waals surface area contributed by atoms with Gasteiger partial charge in [-0.25, -0.2) is 4.98 Å². The molecule has 0 unspecified atom stereocenters. The molecule has 6 nitrogen and oxygen atoms in total. The van der Waals surface area contributed by atoms with Crippen LogP contribution in [-0.2, 0) is 0 Å². The SMILES string of the molecule is O=C(c1cccc2nccnc12)N1CCC[C@H]1c1nc2ccccc2[nH]1. The predicted octanol–water partition coefficient (Wildman–Crippen LogP) is 3.48. The van der Waals surface area contributed by atoms with Gasteiger partial charge >= 0.3 is 0 Å². The van der Waals surface area contributed by atoms with Gasteiger partial charge in [0, 0.05) is 18.9 Å². The fraction of sp³-hybridized carbons (Fsp3) is 0.200. The molecule has 3 heterocycles. The minimum atomic E-state index is -0.0400. The number of nitrogens with one attached hydrogen (secondary N) is 1. The van der Waals surface area contributed by atoms with E-state index in [-0.39, 0.29) is 11.9 Å². The first-order chi connectivity index (χ1) is 12.8. The molecule has 0 bridgehead atoms. The van der Waals surface area contributed by atoms with Crippen molar-refractivity contribution in [2.45, 2.75) is 18.9 Å². The Morgan fingerprint density at radius 2 is 1.88 bits per heavy atom. The zero-order valence-corrected chi connectivity index (χ0v) is 14.1. The molecule has 0 radical (unpaired) electrons. The highest BCUT2D eigenvalue weighted by atomic mass is 16.2. The summed E-state index contributed by atoms with van der Waals surface area (Å²) in [4.78, 5) is 31.9. The van der Waals surface area contributed by atoms with Gasteiger partial charge in [0.25, 0.3) is 5.91 Å². The van der Waals surface area contributed by atoms with Gasteiger partial charge in [0.2, 0.25) is 0 Å². The maximum Gasteiger partial charge on any atom is 0.256 e. The molecular weight excluding hydrogens is 326 g/mol. The van der Waals surface area contributed by atoms with E-state index >= 15 is 0 Å². The molecular formula is C20H17N5O. The zero-order valence-electron chi connectivity index (χ0n) is 14.1. The van der Waals surface area contributed by atoms with Crippen LogP contribution >= 0.6 is 0 Å². The molecule has 1 aliphatic rings. The second kappa shape index (κ2) is 5.91. The maximum absolute atomic E-state index is 13.3. The quantitative estimate of drug-likeness (QED) is 0.605. The summed E-state index contributed by atoms with van der Waals surface area (Å²) in [6.07, 6.45) is 5.13. The normalized spacial score (nSPS) is 17.2. The number of imidazole rings is 1. The van der Waals surface area contributed by atoms with Crippen LogP contribution in [0.25, 0.3) is 22.1 Å². The average molecular weight is 343 g/mol. The van der Waals surface area contributed by atoms with Crippen molar-refractivity contribution in [1.82, 2.24) is 24.8 Å². The van der Waals surface area contributed by atoms with Crippen LogP contribution in [0.15, 0.2) is 54.9 Å². The molecule has 0 aliphatic carbocycles. The molecule has 1 N–H and O–H groups in total. The molecule has 5 rings (SSSR count). The third-order valence-electron chi connectivity index (χ3n) is 4.97. The molecule has 1 saturated heterocycles. The van der Waals surface area contributed by atoms with Crippen LogP contribution in [0.2, 0.25) is 0 Å². The first kappa shape index (κ1) is 15.0. The van der Waals surface area contributed by atoms with Gasteiger partial charge in [0.15, 0.2) is 0 Å². The van der Waals surface area contributed by atoms with E-state index in [0.29, 0.717) is 11.1 Å². The van der Waals surface area contributed by atoms with Crippen molar-refractivity contribution in [3.8, 4) is 0 Å². The van der Waals surface area contributed by atoms with Crippen molar-refractivity contribution in [2.75, 3.05) is 6.54 Å². The number of amides is 1. The molecule has 0 spiro atoms. The van der Waals surface area contributed by atoms with Crippen LogP contribution < -0.4 is 0 Å². The number of aromatic amines is 1. The first-order valence-electron chi connectivity index (χ1n) is 8.76. The van der Waals surface area contributed by atoms with Gasteiger partial charge in [-0.3, -0.25) is 14.8 Å². The Balaban J connectivity index is 1.54. The lowest BCUT2D eigenvalue weighted by atomic mass is 10.1. The third kappa shape index (κ3) is 2.34. The summed E-state index contributed by atoms with van der Waals surface area (Å²) in [6, 6.07) is 13.5. The number of para-hydroxylation sites is 3. The first-order valence-corrected chi connectivity index (χ1v) is 8.76. The largest absolute Gasteiger partial charge is 0.340 e. The van der Waals surface area contributed by atoms with Gasteiger partial charge < -0.3 is 9.88 Å². The van der Waals surface area contributed by atoms with Crippen LogP contribution in [0.4, 0.5) is 0 Å². The summed E-state index contributed by atoms with van der Waals surface area (Å²) in [6.45, 7) is 0.719. The number of hydrogen-bond acceptors (Lipinski definition) is 4. The zero-order chi connectivity index (χ0) is 17.5. The molecule has 0 saturated carbocycles. The standard InChI is InChI=1S/C20H17N5O/c26-20(13-5-3-8-16-18(13)22-11-10-21-16)25-12-4-9-17(25)19-23-14-6-1-2-7-15(14)24-19/h1-3,5-8,10-11,17H,4,9,12H2,(H,23,24)/t17-/m0/s1. The van der Waals surface area contributed by atoms with Gasteiger partial charge in [0.05, 0.1) is 28.2 Å². The van der Waals surface area contributed by atoms with E-state index in [9.17, 15) is 4.79 Å². The van der Waals surface area contributed by atoms with E-state index in [1.54, 1.807) is 12.4 Å². The van der Waals surface area contributed by atoms with E-state index in [0.717, 1.165) is 41.8 Å². The van der Waals surface area contributed by atoms with Crippen molar-refractivity contribution < 1.29 is 4.79 Å². The number of nitrogens with zero attached hydrogens (tertiary/aromatic N) is 4. The number of carbonyl (C=O) groups excluding carboxylic acids is 1. The van der Waals surface area contributed by atoms with E-state index in [1.165, 1.54) is 0 Å². The molecule has 128 valence electrons. The van der Waals surface area contributed by atoms with Crippen LogP contribution in [0.1, 0.15) is 35.1 Å². The van der Waals surface area contributed by atoms with Crippen molar-refractivity contribution in [2.24, 2.45) is 0 Å². The second-order valence-electron chi connectivity index (χ2n) is 6.53. The summed E-state index contributed by atoms with van der Waals surface area (Å²) in [5.74, 6) is 0.836. The van der Waals surface area contributed by atoms with Crippen LogP contribution in [-0.4, -0.2) is 37.3 Å². The Kier molecular flexibility index (Phi) is 3.41. The van der Waals surface area contributed by atoms with E-state index in [4.69, 9.17) is 4.98 Å². The minimum absolute atomic E-state index is 0.0148. The molecule has 4 aromatic rings. The number of benzene rings is 2. The summed E-state index contributed by atoms with van der Waals surface area (Å²) in [5.41, 5.74) is 3.90. The Hall–Kier alpha value is -3.28. The van der Waals surface area contributed by atoms with Gasteiger partial charge in [-0.15, -0.1) is 0 Å². The molecule has 1 fully saturated rings. The molecule has 6 heteroatoms. The average Bonchev–Trinajstić information content (AvgIpc) is 3.33. The highest BCUT2D eigenvalue weighted by Crippen LogP contribution is 2.33. The van der Waals surface area contributed by atoms with E-state index in [2.05, 4.69) is 15.0 Å². The van der Waals surface area contributed by atoms with Crippen LogP contribution in [0.5, 0.6) is 0 Å². The number of aromatic nitrogens is 4. The molecule has 1 atom stereocenters. The lowest BCUT2D eigenvalue weighted by Crippen LogP contribution is -2.31. The smallest absolute Gasteiger partial charge is 0.256 e. The second-order valence-corrected chi connectivity index (χ2v) is 6.53. The number of likely N-dealkylation sites (tertiary alicyclic amines) is 1. The fourth-order valence-corrected chi connectivity index (χ4v) is 3.74. The molecule has 2 aromatic heterocycles. The summed E-state index contributed by atoms with van der Waals surface area (Å²) in [5, 5.41) is 0. The Morgan fingerprint density at radius 1 is 1.04 bits per heavy atom. The summed E-state index contributed by atoms with van der Waals surface area (Å²) < 4.78 is 0. The monoisotopic (exact) mass is 343 g/mol. The van der Waals surface area contributed by atoms with Crippen molar-refractivity contribution in [1.29, 1.82) is 0 Å². The van der Waals surface area contributed by atoms with Gasteiger partial charge in [-0.1, -0.05) is 18.2 Å². The molecule has 1 aliphatic heterocycles. The van der Waals surface area contributed by atoms with Crippen molar-refractivity contribution in [3.05, 3.63) is 66.2 Å². The fourth-order valence-electron chi connectivity index (χ4n) is 3.74. The van der Waals surface area contributed by atoms with Gasteiger partial charge in [-0.2, -0.15) is 0 Å². The predicted molar refractivity (Wildman–Crippen MR) is 98.6 cm³/mol. The molecule has 1 amide bonds. The van der Waals surface area contributed by atoms with Gasteiger partial charge in [0.1, 0.15) is 11.3 Å². The third-order valence-corrected chi connectivity index (χ3v) is 4.97. The number of fused-ring (bicyclic) bond motifs is 2. The minimum Gasteiger partial charge on any atom is -0.340 e. The van der Waals surface area contributed by atoms with Crippen molar-refractivity contribution in [3.63, 3.8) is 0 Å². The van der Waals surface area contributed by atoms with Crippen molar-refractivity contribution >= 4 is 28.0 Å². The Bertz CT molecular complexity index is 1080. The highest BCUT2D eigenvalue weighted by Gasteiger charge is 2.33. The van der Waals surface area contributed by atoms with Crippen LogP contribution in [0.3, 0.4) is 0 Å². The Labute approximate surface area is 149 Å². The molecule has 2 aromatic carbocycles. The summed E-state index contributed by atoms with van der Waals surface area (Å²) in [7, 11) is 0. The van der Waals surface area contributed by atoms with Crippen LogP contribution in [0, 0.1) is 0 Å². The number of carbonyl (C=O) groups is 1. The van der Waals surface area contributed by atoms with Gasteiger partial charge in [-0.05, 0) is 37.1 Å². The van der Waals surface area contributed by atoms with E-state index < -0.39 is 0 Å². The maximum atomic E-state index is 13.3. The number of hydrogen-bond donors (Lipinski definition) is 1. The topological polar surface area (TPSA) is 74.8 Å². The lowest BCUT2D eigenvalue weighted by molar-refractivity contribution is 0.0732. The number of rotatable bonds is 2. The van der Waals surface area contributed by atoms with E-state index in [1.807, 2.05) is 47.4 Å². The Morgan fingerprint density at radius 3 is 2.81 bits per heavy atom. The number of H-pyrrole nitrogens is 1. The highest BCUT2D eigenvalue weighted by molar-refractivity contribution is 6.04. The lowest BCUT2D eigenvalue weighted by Gasteiger charge is -2.23.